The molecule has 310 valence electrons. The van der Waals surface area contributed by atoms with Crippen LogP contribution in [0.3, 0.4) is 0 Å². The summed E-state index contributed by atoms with van der Waals surface area (Å²) in [7, 11) is 1.65. The van der Waals surface area contributed by atoms with Gasteiger partial charge in [0.1, 0.15) is 30.4 Å². The van der Waals surface area contributed by atoms with Gasteiger partial charge in [-0.2, -0.15) is 0 Å². The fourth-order valence-electron chi connectivity index (χ4n) is 4.47. The van der Waals surface area contributed by atoms with Crippen molar-refractivity contribution in [2.75, 3.05) is 20.3 Å². The first-order valence-electron chi connectivity index (χ1n) is 18.1. The molecule has 0 radical (unpaired) electrons. The smallest absolute Gasteiger partial charge is 1.00 e. The second kappa shape index (κ2) is 28.5. The van der Waals surface area contributed by atoms with Gasteiger partial charge in [-0.15, -0.1) is 35.3 Å². The van der Waals surface area contributed by atoms with E-state index < -0.39 is 11.9 Å². The van der Waals surface area contributed by atoms with Crippen LogP contribution in [0.25, 0.3) is 0 Å². The summed E-state index contributed by atoms with van der Waals surface area (Å²) >= 11 is 11.8. The van der Waals surface area contributed by atoms with Crippen molar-refractivity contribution in [2.24, 2.45) is 10.3 Å². The summed E-state index contributed by atoms with van der Waals surface area (Å²) in [6.07, 6.45) is 0. The number of thiol groups is 1. The van der Waals surface area contributed by atoms with Gasteiger partial charge in [-0.3, -0.25) is 0 Å². The van der Waals surface area contributed by atoms with Gasteiger partial charge in [0.15, 0.2) is 8.26 Å². The summed E-state index contributed by atoms with van der Waals surface area (Å²) in [5.41, 5.74) is 5.43. The van der Waals surface area contributed by atoms with E-state index in [9.17, 15) is 9.59 Å². The van der Waals surface area contributed by atoms with Crippen molar-refractivity contribution in [1.82, 2.24) is 9.97 Å². The average molecular weight is 960 g/mol. The topological polar surface area (TPSA) is 131 Å². The Morgan fingerprint density at radius 2 is 1.22 bits per heavy atom. The van der Waals surface area contributed by atoms with Crippen LogP contribution in [0.2, 0.25) is 0 Å². The summed E-state index contributed by atoms with van der Waals surface area (Å²) in [6, 6.07) is 35.2. The third-order valence-corrected chi connectivity index (χ3v) is 11.2. The standard InChI is InChI=1S/C22H22N2O3S2.C14H13BrN2O3S.C7H8OS.Na.H/c1-3-26-21(25)20(24-27-13-17-7-5-4-6-8-17)19-15-29-22(23-19)28-14-18-11-9-16(2)10-12-18;1-2-19-13(18)12(11-9-21-14(15)16-11)17-20-8-10-6-4-3-5-7-10;1-8-6-2-4-7(9)5-3-6;;/h4-12,15H,3,13-14H2,1-2H3;3-7,9H,2,8H2,1H3;2-5,9H,1H3;;/q;;;+1;-1/b24-20-;17-12-;;;. The molecule has 4 aromatic carbocycles. The van der Waals surface area contributed by atoms with Crippen molar-refractivity contribution in [3.05, 3.63) is 158 Å². The number of aryl methyl sites for hydroxylation is 1. The Kier molecular flexibility index (Phi) is 23.9. The van der Waals surface area contributed by atoms with Crippen molar-refractivity contribution in [2.45, 2.75) is 49.0 Å². The molecule has 0 aliphatic carbocycles. The third-order valence-electron chi connectivity index (χ3n) is 7.40. The number of carbonyl (C=O) groups excluding carboxylic acids is 2. The van der Waals surface area contributed by atoms with Crippen molar-refractivity contribution in [3.63, 3.8) is 0 Å². The van der Waals surface area contributed by atoms with E-state index >= 15 is 0 Å². The molecule has 0 bridgehead atoms. The summed E-state index contributed by atoms with van der Waals surface area (Å²) in [4.78, 5) is 44.6. The van der Waals surface area contributed by atoms with E-state index in [0.29, 0.717) is 15.3 Å². The van der Waals surface area contributed by atoms with Crippen LogP contribution in [0.1, 0.15) is 48.9 Å². The molecule has 2 heterocycles. The molecular weight excluding hydrogens is 916 g/mol. The van der Waals surface area contributed by atoms with Gasteiger partial charge in [-0.1, -0.05) is 113 Å². The second-order valence-corrected chi connectivity index (χ2v) is 16.5. The summed E-state index contributed by atoms with van der Waals surface area (Å²) in [5.74, 6) is 0.584. The van der Waals surface area contributed by atoms with Crippen molar-refractivity contribution in [1.29, 1.82) is 0 Å². The molecule has 0 saturated carbocycles. The van der Waals surface area contributed by atoms with Gasteiger partial charge >= 0.3 is 41.5 Å². The number of halogens is 1. The first-order chi connectivity index (χ1) is 28.7. The monoisotopic (exact) mass is 958 g/mol. The number of benzene rings is 4. The van der Waals surface area contributed by atoms with E-state index in [-0.39, 0.29) is 68.8 Å². The van der Waals surface area contributed by atoms with Gasteiger partial charge < -0.3 is 25.3 Å². The minimum absolute atomic E-state index is 0. The number of carbonyl (C=O) groups is 2. The molecule has 6 rings (SSSR count). The van der Waals surface area contributed by atoms with Gasteiger partial charge in [0.25, 0.3) is 0 Å². The molecule has 0 amide bonds. The maximum absolute atomic E-state index is 12.3. The Labute approximate surface area is 400 Å². The van der Waals surface area contributed by atoms with Crippen molar-refractivity contribution >= 4 is 86.4 Å². The summed E-state index contributed by atoms with van der Waals surface area (Å²) in [6.45, 7) is 6.62. The van der Waals surface area contributed by atoms with E-state index in [4.69, 9.17) is 23.9 Å². The Hall–Kier alpha value is -4.00. The van der Waals surface area contributed by atoms with E-state index in [0.717, 1.165) is 31.9 Å². The molecule has 0 spiro atoms. The zero-order valence-electron chi connectivity index (χ0n) is 34.8. The molecule has 0 unspecified atom stereocenters. The van der Waals surface area contributed by atoms with Gasteiger partial charge in [0.2, 0.25) is 11.4 Å². The molecule has 11 nitrogen and oxygen atoms in total. The van der Waals surface area contributed by atoms with Crippen LogP contribution in [-0.4, -0.2) is 53.7 Å². The van der Waals surface area contributed by atoms with Crippen LogP contribution in [0.15, 0.2) is 143 Å². The van der Waals surface area contributed by atoms with Crippen LogP contribution in [0.4, 0.5) is 0 Å². The zero-order valence-corrected chi connectivity index (χ0v) is 40.7. The third kappa shape index (κ3) is 18.3. The maximum Gasteiger partial charge on any atom is 1.00 e. The number of thioether (sulfide) groups is 1. The number of thiazole rings is 2. The van der Waals surface area contributed by atoms with Gasteiger partial charge in [0.05, 0.1) is 20.3 Å². The second-order valence-electron chi connectivity index (χ2n) is 11.8. The molecule has 0 aliphatic rings. The van der Waals surface area contributed by atoms with Gasteiger partial charge in [-0.05, 0) is 77.7 Å². The first kappa shape index (κ1) is 50.4. The first-order valence-corrected chi connectivity index (χ1v) is 22.1. The number of aromatic nitrogens is 2. The van der Waals surface area contributed by atoms with Gasteiger partial charge in [-0.25, -0.2) is 19.6 Å². The van der Waals surface area contributed by atoms with Crippen LogP contribution in [0, 0.1) is 6.92 Å². The molecule has 0 N–H and O–H groups in total. The molecule has 17 heteroatoms. The fraction of sp³-hybridized carbons (Fsp3) is 0.209. The number of nitrogens with zero attached hydrogens (tertiary/aromatic N) is 4. The normalized spacial score (nSPS) is 10.8. The van der Waals surface area contributed by atoms with Crippen LogP contribution < -0.4 is 34.3 Å². The predicted octanol–water partition coefficient (Wildman–Crippen LogP) is 7.72. The summed E-state index contributed by atoms with van der Waals surface area (Å²) in [5, 5.41) is 11.4. The largest absolute Gasteiger partial charge is 1.00 e. The molecule has 2 aromatic heterocycles. The number of esters is 2. The minimum atomic E-state index is -0.552. The Morgan fingerprint density at radius 1 is 0.717 bits per heavy atom. The van der Waals surface area contributed by atoms with Crippen molar-refractivity contribution in [3.8, 4) is 5.75 Å². The molecule has 0 atom stereocenters. The molecular formula is C43H44BrN4NaO7S4. The molecule has 0 fully saturated rings. The van der Waals surface area contributed by atoms with E-state index in [2.05, 4.69) is 80.0 Å². The minimum Gasteiger partial charge on any atom is -1.00 e. The SMILES string of the molecule is CCOC(=O)/C(=N\OCc1ccccc1)c1csc(Br)n1.CCOC(=O)/C(=N\OCc1ccccc1)c1csc(SCc2ccc(C)cc2)n1.COc1ccc(S)cc1.[H-].[Na+]. The van der Waals surface area contributed by atoms with Crippen LogP contribution in [-0.2, 0) is 47.7 Å². The zero-order chi connectivity index (χ0) is 42.2. The van der Waals surface area contributed by atoms with Crippen LogP contribution in [0.5, 0.6) is 5.75 Å². The predicted molar refractivity (Wildman–Crippen MR) is 243 cm³/mol. The quantitative estimate of drug-likeness (QED) is 0.0257. The maximum atomic E-state index is 12.3. The van der Waals surface area contributed by atoms with E-state index in [1.54, 1.807) is 43.5 Å². The number of ether oxygens (including phenoxy) is 3. The fourth-order valence-corrected chi connectivity index (χ4v) is 7.38. The average Bonchev–Trinajstić information content (AvgIpc) is 3.91. The summed E-state index contributed by atoms with van der Waals surface area (Å²) < 4.78 is 16.6. The van der Waals surface area contributed by atoms with Gasteiger partial charge in [0, 0.05) is 21.4 Å². The molecule has 6 aromatic rings. The molecule has 0 aliphatic heterocycles. The number of methoxy groups -OCH3 is 1. The molecule has 60 heavy (non-hydrogen) atoms. The van der Waals surface area contributed by atoms with Crippen LogP contribution >= 0.6 is 63.0 Å². The Bertz CT molecular complexity index is 2230. The number of rotatable bonds is 16. The Morgan fingerprint density at radius 3 is 1.68 bits per heavy atom. The number of oxime groups is 2. The van der Waals surface area contributed by atoms with E-state index in [1.165, 1.54) is 33.8 Å². The molecule has 0 saturated heterocycles. The Balaban J connectivity index is 0.000000350. The number of hydrogen-bond donors (Lipinski definition) is 1. The van der Waals surface area contributed by atoms with Crippen molar-refractivity contribution < 1.29 is 64.5 Å². The van der Waals surface area contributed by atoms with E-state index in [1.807, 2.05) is 84.9 Å². The number of hydrogen-bond acceptors (Lipinski definition) is 15.